The van der Waals surface area contributed by atoms with Gasteiger partial charge in [-0.2, -0.15) is 22.6 Å². The lowest BCUT2D eigenvalue weighted by atomic mass is 10.3. The van der Waals surface area contributed by atoms with Crippen LogP contribution in [0.15, 0.2) is 30.9 Å². The molecule has 98 valence electrons. The molecule has 3 rings (SSSR count). The van der Waals surface area contributed by atoms with Crippen LogP contribution >= 0.6 is 11.3 Å². The SMILES string of the molecule is O=S(=O)(O)C[n+]1ccc(-c2nn3cnnc3s2)cc1. The summed E-state index contributed by atoms with van der Waals surface area (Å²) in [6, 6.07) is 3.44. The molecule has 0 unspecified atom stereocenters. The molecule has 0 saturated carbocycles. The van der Waals surface area contributed by atoms with Gasteiger partial charge in [-0.1, -0.05) is 11.3 Å². The molecule has 0 fully saturated rings. The Morgan fingerprint density at radius 3 is 2.74 bits per heavy atom. The van der Waals surface area contributed by atoms with Crippen molar-refractivity contribution >= 4 is 26.4 Å². The second-order valence-corrected chi connectivity index (χ2v) is 6.16. The van der Waals surface area contributed by atoms with Crippen LogP contribution in [0.5, 0.6) is 0 Å². The van der Waals surface area contributed by atoms with E-state index in [0.29, 0.717) is 4.96 Å². The normalized spacial score (nSPS) is 12.1. The molecule has 1 N–H and O–H groups in total. The summed E-state index contributed by atoms with van der Waals surface area (Å²) in [4.78, 5) is 0.685. The molecule has 3 aromatic heterocycles. The molecule has 0 aliphatic heterocycles. The zero-order chi connectivity index (χ0) is 13.5. The summed E-state index contributed by atoms with van der Waals surface area (Å²) in [5.74, 6) is -0.474. The Balaban J connectivity index is 1.92. The quantitative estimate of drug-likeness (QED) is 0.539. The van der Waals surface area contributed by atoms with Gasteiger partial charge in [0.25, 0.3) is 5.88 Å². The minimum atomic E-state index is -4.04. The summed E-state index contributed by atoms with van der Waals surface area (Å²) in [5, 5.41) is 12.6. The summed E-state index contributed by atoms with van der Waals surface area (Å²) in [6.07, 6.45) is 4.63. The lowest BCUT2D eigenvalue weighted by molar-refractivity contribution is -0.678. The van der Waals surface area contributed by atoms with Gasteiger partial charge < -0.3 is 0 Å². The first-order valence-electron chi connectivity index (χ1n) is 5.13. The fourth-order valence-corrected chi connectivity index (χ4v) is 2.92. The van der Waals surface area contributed by atoms with E-state index in [0.717, 1.165) is 10.6 Å². The fraction of sp³-hybridized carbons (Fsp3) is 0.111. The van der Waals surface area contributed by atoms with E-state index >= 15 is 0 Å². The van der Waals surface area contributed by atoms with Gasteiger partial charge in [0.2, 0.25) is 4.96 Å². The maximum absolute atomic E-state index is 10.7. The molecule has 0 aromatic carbocycles. The maximum atomic E-state index is 10.7. The molecule has 19 heavy (non-hydrogen) atoms. The van der Waals surface area contributed by atoms with Crippen LogP contribution in [0.25, 0.3) is 15.5 Å². The summed E-state index contributed by atoms with van der Waals surface area (Å²) >= 11 is 1.38. The van der Waals surface area contributed by atoms with Crippen molar-refractivity contribution in [3.05, 3.63) is 30.9 Å². The number of aromatic nitrogens is 5. The van der Waals surface area contributed by atoms with Crippen molar-refractivity contribution in [2.45, 2.75) is 5.88 Å². The predicted molar refractivity (Wildman–Crippen MR) is 65.8 cm³/mol. The second kappa shape index (κ2) is 4.33. The average molecular weight is 298 g/mol. The molecule has 3 heterocycles. The lowest BCUT2D eigenvalue weighted by Gasteiger charge is -1.95. The third-order valence-corrected chi connectivity index (χ3v) is 3.92. The molecular weight excluding hydrogens is 290 g/mol. The third kappa shape index (κ3) is 2.59. The maximum Gasteiger partial charge on any atom is 0.326 e. The number of nitrogens with zero attached hydrogens (tertiary/aromatic N) is 5. The average Bonchev–Trinajstić information content (AvgIpc) is 2.87. The minimum absolute atomic E-state index is 0.474. The van der Waals surface area contributed by atoms with Crippen molar-refractivity contribution in [1.82, 2.24) is 19.8 Å². The molecular formula is C9H8N5O3S2+. The minimum Gasteiger partial charge on any atom is -0.281 e. The topological polar surface area (TPSA) is 101 Å². The van der Waals surface area contributed by atoms with Crippen LogP contribution in [0.3, 0.4) is 0 Å². The van der Waals surface area contributed by atoms with Crippen LogP contribution in [0, 0.1) is 0 Å². The van der Waals surface area contributed by atoms with Crippen molar-refractivity contribution in [1.29, 1.82) is 0 Å². The summed E-state index contributed by atoms with van der Waals surface area (Å²) in [6.45, 7) is 0. The van der Waals surface area contributed by atoms with E-state index < -0.39 is 16.0 Å². The van der Waals surface area contributed by atoms with Crippen LogP contribution in [-0.2, 0) is 16.0 Å². The van der Waals surface area contributed by atoms with Crippen LogP contribution in [-0.4, -0.2) is 32.8 Å². The molecule has 8 nitrogen and oxygen atoms in total. The molecule has 0 saturated heterocycles. The highest BCUT2D eigenvalue weighted by Crippen LogP contribution is 2.23. The van der Waals surface area contributed by atoms with Crippen molar-refractivity contribution in [2.75, 3.05) is 0 Å². The van der Waals surface area contributed by atoms with E-state index in [2.05, 4.69) is 15.3 Å². The van der Waals surface area contributed by atoms with Crippen LogP contribution in [0.1, 0.15) is 0 Å². The van der Waals surface area contributed by atoms with Crippen molar-refractivity contribution in [3.63, 3.8) is 0 Å². The largest absolute Gasteiger partial charge is 0.326 e. The number of rotatable bonds is 3. The monoisotopic (exact) mass is 298 g/mol. The van der Waals surface area contributed by atoms with Gasteiger partial charge in [-0.15, -0.1) is 10.2 Å². The first-order chi connectivity index (χ1) is 9.01. The molecule has 3 aromatic rings. The standard InChI is InChI=1S/C9H7N5O3S2/c15-19(16,17)6-13-3-1-7(2-4-13)8-12-14-5-10-11-9(14)18-8/h1-5H,6H2/p+1. The van der Waals surface area contributed by atoms with Gasteiger partial charge in [-0.25, -0.2) is 0 Å². The van der Waals surface area contributed by atoms with Crippen LogP contribution in [0.4, 0.5) is 0 Å². The first-order valence-corrected chi connectivity index (χ1v) is 7.55. The van der Waals surface area contributed by atoms with Gasteiger partial charge in [0.15, 0.2) is 12.4 Å². The Morgan fingerprint density at radius 1 is 1.37 bits per heavy atom. The molecule has 0 bridgehead atoms. The number of hydrogen-bond donors (Lipinski definition) is 1. The van der Waals surface area contributed by atoms with Gasteiger partial charge in [0, 0.05) is 17.7 Å². The van der Waals surface area contributed by atoms with Gasteiger partial charge >= 0.3 is 10.1 Å². The summed E-state index contributed by atoms with van der Waals surface area (Å²) in [5.41, 5.74) is 0.835. The van der Waals surface area contributed by atoms with Crippen molar-refractivity contribution in [3.8, 4) is 10.6 Å². The van der Waals surface area contributed by atoms with E-state index in [9.17, 15) is 8.42 Å². The predicted octanol–water partition coefficient (Wildman–Crippen LogP) is -0.0144. The summed E-state index contributed by atoms with van der Waals surface area (Å²) in [7, 11) is -4.04. The van der Waals surface area contributed by atoms with Crippen LogP contribution < -0.4 is 4.57 Å². The smallest absolute Gasteiger partial charge is 0.281 e. The Bertz CT molecular complexity index is 793. The molecule has 0 spiro atoms. The van der Waals surface area contributed by atoms with Gasteiger partial charge in [-0.05, 0) is 0 Å². The Kier molecular flexibility index (Phi) is 2.77. The molecule has 0 amide bonds. The Labute approximate surface area is 111 Å². The third-order valence-electron chi connectivity index (χ3n) is 2.34. The Hall–Kier alpha value is -1.91. The van der Waals surface area contributed by atoms with E-state index in [1.165, 1.54) is 22.2 Å². The second-order valence-electron chi connectivity index (χ2n) is 3.78. The first kappa shape index (κ1) is 12.1. The number of fused-ring (bicyclic) bond motifs is 1. The highest BCUT2D eigenvalue weighted by Gasteiger charge is 2.14. The van der Waals surface area contributed by atoms with Crippen molar-refractivity contribution < 1.29 is 17.5 Å². The van der Waals surface area contributed by atoms with Gasteiger partial charge in [0.05, 0.1) is 0 Å². The molecule has 0 aliphatic carbocycles. The molecule has 0 atom stereocenters. The lowest BCUT2D eigenvalue weighted by Crippen LogP contribution is -2.36. The molecule has 10 heteroatoms. The van der Waals surface area contributed by atoms with E-state index in [1.807, 2.05) is 0 Å². The fourth-order valence-electron chi connectivity index (χ4n) is 1.55. The zero-order valence-corrected chi connectivity index (χ0v) is 11.0. The zero-order valence-electron chi connectivity index (χ0n) is 9.41. The number of pyridine rings is 1. The van der Waals surface area contributed by atoms with Gasteiger partial charge in [0.1, 0.15) is 11.3 Å². The highest BCUT2D eigenvalue weighted by atomic mass is 32.2. The van der Waals surface area contributed by atoms with Crippen LogP contribution in [0.2, 0.25) is 0 Å². The molecule has 0 radical (unpaired) electrons. The van der Waals surface area contributed by atoms with Crippen molar-refractivity contribution in [2.24, 2.45) is 0 Å². The highest BCUT2D eigenvalue weighted by molar-refractivity contribution is 7.84. The molecule has 0 aliphatic rings. The number of hydrogen-bond acceptors (Lipinski definition) is 6. The summed E-state index contributed by atoms with van der Waals surface area (Å²) < 4.78 is 33.2. The van der Waals surface area contributed by atoms with E-state index in [4.69, 9.17) is 4.55 Å². The Morgan fingerprint density at radius 2 is 2.11 bits per heavy atom. The van der Waals surface area contributed by atoms with E-state index in [-0.39, 0.29) is 0 Å². The van der Waals surface area contributed by atoms with E-state index in [1.54, 1.807) is 29.0 Å². The van der Waals surface area contributed by atoms with Gasteiger partial charge in [-0.3, -0.25) is 4.55 Å².